The number of rotatable bonds is 10. The van der Waals surface area contributed by atoms with E-state index >= 15 is 0 Å². The van der Waals surface area contributed by atoms with Gasteiger partial charge in [0, 0.05) is 12.0 Å². The van der Waals surface area contributed by atoms with Crippen LogP contribution in [0.5, 0.6) is 5.75 Å². The van der Waals surface area contributed by atoms with Crippen molar-refractivity contribution in [3.8, 4) is 5.75 Å². The predicted octanol–water partition coefficient (Wildman–Crippen LogP) is 1.94. The fraction of sp³-hybridized carbons (Fsp3) is 0.348. The molecule has 9 nitrogen and oxygen atoms in total. The second kappa shape index (κ2) is 11.7. The molecule has 2 rings (SSSR count). The Morgan fingerprint density at radius 3 is 2.41 bits per heavy atom. The molecule has 0 bridgehead atoms. The molecule has 0 aliphatic rings. The molecule has 0 aromatic heterocycles. The minimum atomic E-state index is -0.936. The number of nitrogens with two attached hydrogens (primary N) is 2. The third kappa shape index (κ3) is 6.98. The summed E-state index contributed by atoms with van der Waals surface area (Å²) in [6.07, 6.45) is 2.53. The Kier molecular flexibility index (Phi) is 9.03. The van der Waals surface area contributed by atoms with Gasteiger partial charge in [0.25, 0.3) is 5.91 Å². The van der Waals surface area contributed by atoms with Crippen molar-refractivity contribution in [2.45, 2.75) is 44.7 Å². The SMILES string of the molecule is CCCC[C@H](N)C(=O)Nc1ccc(C(=O)N[C@@H](Cc2ccc(O)cc2)C(=O)OC)cc1N. The number of hydrogen-bond acceptors (Lipinski definition) is 7. The van der Waals surface area contributed by atoms with Gasteiger partial charge in [-0.25, -0.2) is 4.79 Å². The molecule has 172 valence electrons. The van der Waals surface area contributed by atoms with Gasteiger partial charge in [0.05, 0.1) is 24.5 Å². The van der Waals surface area contributed by atoms with E-state index in [2.05, 4.69) is 10.6 Å². The van der Waals surface area contributed by atoms with Crippen molar-refractivity contribution in [2.75, 3.05) is 18.2 Å². The first-order valence-corrected chi connectivity index (χ1v) is 10.4. The van der Waals surface area contributed by atoms with Crippen LogP contribution in [0.1, 0.15) is 42.1 Å². The highest BCUT2D eigenvalue weighted by atomic mass is 16.5. The quantitative estimate of drug-likeness (QED) is 0.278. The largest absolute Gasteiger partial charge is 0.508 e. The normalized spacial score (nSPS) is 12.5. The summed E-state index contributed by atoms with van der Waals surface area (Å²) in [5, 5.41) is 14.7. The van der Waals surface area contributed by atoms with E-state index in [-0.39, 0.29) is 29.3 Å². The minimum absolute atomic E-state index is 0.0985. The topological polar surface area (TPSA) is 157 Å². The fourth-order valence-corrected chi connectivity index (χ4v) is 3.04. The summed E-state index contributed by atoms with van der Waals surface area (Å²) in [4.78, 5) is 37.1. The molecule has 0 heterocycles. The van der Waals surface area contributed by atoms with Gasteiger partial charge in [-0.3, -0.25) is 9.59 Å². The van der Waals surface area contributed by atoms with Gasteiger partial charge in [0.2, 0.25) is 5.91 Å². The van der Waals surface area contributed by atoms with Gasteiger partial charge in [0.15, 0.2) is 0 Å². The average molecular weight is 443 g/mol. The Hall–Kier alpha value is -3.59. The molecule has 2 amide bonds. The molecule has 32 heavy (non-hydrogen) atoms. The minimum Gasteiger partial charge on any atom is -0.508 e. The number of benzene rings is 2. The number of anilines is 2. The molecule has 0 aliphatic heterocycles. The van der Waals surface area contributed by atoms with Gasteiger partial charge in [-0.15, -0.1) is 0 Å². The number of unbranched alkanes of at least 4 members (excludes halogenated alkanes) is 1. The van der Waals surface area contributed by atoms with Crippen LogP contribution >= 0.6 is 0 Å². The highest BCUT2D eigenvalue weighted by molar-refractivity contribution is 6.01. The first-order valence-electron chi connectivity index (χ1n) is 10.4. The van der Waals surface area contributed by atoms with Gasteiger partial charge in [0.1, 0.15) is 11.8 Å². The van der Waals surface area contributed by atoms with Crippen molar-refractivity contribution in [1.29, 1.82) is 0 Å². The third-order valence-corrected chi connectivity index (χ3v) is 4.94. The first kappa shape index (κ1) is 24.7. The van der Waals surface area contributed by atoms with Crippen LogP contribution in [-0.2, 0) is 20.7 Å². The molecule has 0 saturated heterocycles. The van der Waals surface area contributed by atoms with E-state index in [0.29, 0.717) is 12.1 Å². The average Bonchev–Trinajstić information content (AvgIpc) is 2.78. The molecule has 0 radical (unpaired) electrons. The van der Waals surface area contributed by atoms with Crippen molar-refractivity contribution in [2.24, 2.45) is 5.73 Å². The number of nitrogens with one attached hydrogen (secondary N) is 2. The molecule has 2 aromatic carbocycles. The number of carbonyl (C=O) groups excluding carboxylic acids is 3. The molecule has 0 unspecified atom stereocenters. The monoisotopic (exact) mass is 442 g/mol. The molecule has 9 heteroatoms. The number of ether oxygens (including phenoxy) is 1. The summed E-state index contributed by atoms with van der Waals surface area (Å²) < 4.78 is 4.79. The van der Waals surface area contributed by atoms with E-state index in [4.69, 9.17) is 16.2 Å². The number of esters is 1. The summed E-state index contributed by atoms with van der Waals surface area (Å²) in [7, 11) is 1.24. The highest BCUT2D eigenvalue weighted by Gasteiger charge is 2.23. The number of aromatic hydroxyl groups is 1. The van der Waals surface area contributed by atoms with E-state index < -0.39 is 24.0 Å². The van der Waals surface area contributed by atoms with Crippen LogP contribution in [0.25, 0.3) is 0 Å². The lowest BCUT2D eigenvalue weighted by molar-refractivity contribution is -0.142. The third-order valence-electron chi connectivity index (χ3n) is 4.94. The zero-order chi connectivity index (χ0) is 23.7. The summed E-state index contributed by atoms with van der Waals surface area (Å²) in [5.74, 6) is -1.38. The molecule has 0 spiro atoms. The fourth-order valence-electron chi connectivity index (χ4n) is 3.04. The molecule has 2 atom stereocenters. The van der Waals surface area contributed by atoms with Gasteiger partial charge in [-0.05, 0) is 42.3 Å². The Labute approximate surface area is 187 Å². The van der Waals surface area contributed by atoms with Gasteiger partial charge in [-0.1, -0.05) is 31.9 Å². The van der Waals surface area contributed by atoms with Crippen molar-refractivity contribution in [1.82, 2.24) is 5.32 Å². The number of phenols is 1. The van der Waals surface area contributed by atoms with Crippen LogP contribution in [0.3, 0.4) is 0 Å². The molecule has 7 N–H and O–H groups in total. The van der Waals surface area contributed by atoms with Crippen LogP contribution in [0, 0.1) is 0 Å². The summed E-state index contributed by atoms with van der Waals surface area (Å²) in [6, 6.07) is 9.14. The molecule has 2 aromatic rings. The van der Waals surface area contributed by atoms with Gasteiger partial charge < -0.3 is 31.9 Å². The molecular formula is C23H30N4O5. The molecule has 0 fully saturated rings. The smallest absolute Gasteiger partial charge is 0.328 e. The summed E-state index contributed by atoms with van der Waals surface area (Å²) in [5.41, 5.74) is 13.4. The number of nitrogen functional groups attached to an aromatic ring is 1. The Morgan fingerprint density at radius 2 is 1.81 bits per heavy atom. The van der Waals surface area contributed by atoms with Crippen LogP contribution in [-0.4, -0.2) is 42.1 Å². The molecular weight excluding hydrogens is 412 g/mol. The van der Waals surface area contributed by atoms with Crippen LogP contribution < -0.4 is 22.1 Å². The molecule has 0 aliphatic carbocycles. The molecule has 0 saturated carbocycles. The van der Waals surface area contributed by atoms with Gasteiger partial charge in [-0.2, -0.15) is 0 Å². The van der Waals surface area contributed by atoms with E-state index in [1.165, 1.54) is 37.4 Å². The zero-order valence-corrected chi connectivity index (χ0v) is 18.3. The zero-order valence-electron chi connectivity index (χ0n) is 18.3. The lowest BCUT2D eigenvalue weighted by Gasteiger charge is -2.18. The van der Waals surface area contributed by atoms with Crippen LogP contribution in [0.4, 0.5) is 11.4 Å². The number of amides is 2. The number of carbonyl (C=O) groups is 3. The van der Waals surface area contributed by atoms with Crippen molar-refractivity contribution >= 4 is 29.2 Å². The standard InChI is InChI=1S/C23H30N4O5/c1-3-4-5-17(24)22(30)26-19-11-8-15(13-18(19)25)21(29)27-20(23(31)32-2)12-14-6-9-16(28)10-7-14/h6-11,13,17,20,28H,3-5,12,24-25H2,1-2H3,(H,26,30)(H,27,29)/t17-,20-/m0/s1. The van der Waals surface area contributed by atoms with Crippen molar-refractivity contribution in [3.05, 3.63) is 53.6 Å². The summed E-state index contributed by atoms with van der Waals surface area (Å²) in [6.45, 7) is 2.02. The maximum absolute atomic E-state index is 12.7. The maximum atomic E-state index is 12.7. The second-order valence-corrected chi connectivity index (χ2v) is 7.46. The second-order valence-electron chi connectivity index (χ2n) is 7.46. The predicted molar refractivity (Wildman–Crippen MR) is 122 cm³/mol. The summed E-state index contributed by atoms with van der Waals surface area (Å²) >= 11 is 0. The maximum Gasteiger partial charge on any atom is 0.328 e. The van der Waals surface area contributed by atoms with E-state index in [1.807, 2.05) is 6.92 Å². The first-order chi connectivity index (χ1) is 15.2. The van der Waals surface area contributed by atoms with Crippen molar-refractivity contribution < 1.29 is 24.2 Å². The number of phenolic OH excluding ortho intramolecular Hbond substituents is 1. The van der Waals surface area contributed by atoms with Gasteiger partial charge >= 0.3 is 5.97 Å². The Morgan fingerprint density at radius 1 is 1.12 bits per heavy atom. The van der Waals surface area contributed by atoms with E-state index in [1.54, 1.807) is 12.1 Å². The Bertz CT molecular complexity index is 946. The van der Waals surface area contributed by atoms with E-state index in [0.717, 1.165) is 18.4 Å². The van der Waals surface area contributed by atoms with E-state index in [9.17, 15) is 19.5 Å². The lowest BCUT2D eigenvalue weighted by atomic mass is 10.0. The lowest BCUT2D eigenvalue weighted by Crippen LogP contribution is -2.43. The Balaban J connectivity index is 2.08. The van der Waals surface area contributed by atoms with Crippen LogP contribution in [0.15, 0.2) is 42.5 Å². The highest BCUT2D eigenvalue weighted by Crippen LogP contribution is 2.21. The van der Waals surface area contributed by atoms with Crippen LogP contribution in [0.2, 0.25) is 0 Å². The van der Waals surface area contributed by atoms with Crippen molar-refractivity contribution in [3.63, 3.8) is 0 Å². The number of hydrogen-bond donors (Lipinski definition) is 5. The number of methoxy groups -OCH3 is 1.